The number of rotatable bonds is 6. The molecule has 1 atom stereocenters. The van der Waals surface area contributed by atoms with E-state index in [1.165, 1.54) is 11.3 Å². The van der Waals surface area contributed by atoms with Crippen LogP contribution >= 0.6 is 11.3 Å². The van der Waals surface area contributed by atoms with Crippen LogP contribution < -0.4 is 16.0 Å². The Morgan fingerprint density at radius 3 is 2.72 bits per heavy atom. The van der Waals surface area contributed by atoms with Crippen molar-refractivity contribution in [2.75, 3.05) is 0 Å². The van der Waals surface area contributed by atoms with Crippen LogP contribution in [0, 0.1) is 0 Å². The summed E-state index contributed by atoms with van der Waals surface area (Å²) in [6, 6.07) is 12.4. The zero-order chi connectivity index (χ0) is 20.5. The molecule has 148 valence electrons. The normalized spacial score (nSPS) is 16.8. The van der Waals surface area contributed by atoms with E-state index in [1.54, 1.807) is 18.3 Å². The van der Waals surface area contributed by atoms with Crippen LogP contribution in [0.15, 0.2) is 96.3 Å². The second kappa shape index (κ2) is 10.2. The Labute approximate surface area is 174 Å². The molecule has 2 heterocycles. The summed E-state index contributed by atoms with van der Waals surface area (Å²) in [7, 11) is 0. The third kappa shape index (κ3) is 6.05. The van der Waals surface area contributed by atoms with Crippen molar-refractivity contribution in [3.05, 3.63) is 107 Å². The summed E-state index contributed by atoms with van der Waals surface area (Å²) in [5.74, 6) is -0.566. The second-order valence-corrected chi connectivity index (χ2v) is 7.40. The van der Waals surface area contributed by atoms with Crippen LogP contribution in [0.4, 0.5) is 0 Å². The molecule has 0 fully saturated rings. The van der Waals surface area contributed by atoms with E-state index in [0.29, 0.717) is 22.7 Å². The SMILES string of the molecule is C=C1N/C=C\C/C=C\C=C1NC(=O)C(Cc1ccccc1)NC(=O)c1cccs1. The van der Waals surface area contributed by atoms with Gasteiger partial charge in [-0.3, -0.25) is 9.59 Å². The van der Waals surface area contributed by atoms with Crippen LogP contribution in [0.1, 0.15) is 21.7 Å². The van der Waals surface area contributed by atoms with Crippen molar-refractivity contribution < 1.29 is 9.59 Å². The number of amides is 2. The maximum absolute atomic E-state index is 13.1. The van der Waals surface area contributed by atoms with Gasteiger partial charge >= 0.3 is 0 Å². The van der Waals surface area contributed by atoms with Gasteiger partial charge in [-0.05, 0) is 35.7 Å². The first-order valence-corrected chi connectivity index (χ1v) is 10.2. The first kappa shape index (κ1) is 20.4. The molecule has 3 N–H and O–H groups in total. The van der Waals surface area contributed by atoms with Gasteiger partial charge in [-0.25, -0.2) is 0 Å². The molecule has 5 nitrogen and oxygen atoms in total. The third-order valence-electron chi connectivity index (χ3n) is 4.28. The number of nitrogens with one attached hydrogen (secondary N) is 3. The Kier molecular flexibility index (Phi) is 7.19. The number of allylic oxidation sites excluding steroid dienone is 4. The van der Waals surface area contributed by atoms with Gasteiger partial charge < -0.3 is 16.0 Å². The highest BCUT2D eigenvalue weighted by atomic mass is 32.1. The smallest absolute Gasteiger partial charge is 0.262 e. The largest absolute Gasteiger partial charge is 0.361 e. The lowest BCUT2D eigenvalue weighted by atomic mass is 10.0. The Balaban J connectivity index is 1.78. The predicted octanol–water partition coefficient (Wildman–Crippen LogP) is 3.67. The Hall–Kier alpha value is -3.38. The van der Waals surface area contributed by atoms with Gasteiger partial charge in [0.1, 0.15) is 6.04 Å². The number of carbonyl (C=O) groups is 2. The summed E-state index contributed by atoms with van der Waals surface area (Å²) in [4.78, 5) is 26.2. The molecule has 3 rings (SSSR count). The second-order valence-electron chi connectivity index (χ2n) is 6.45. The first-order valence-electron chi connectivity index (χ1n) is 9.30. The zero-order valence-electron chi connectivity index (χ0n) is 15.9. The van der Waals surface area contributed by atoms with Crippen LogP contribution in [0.3, 0.4) is 0 Å². The van der Waals surface area contributed by atoms with Gasteiger partial charge in [0.15, 0.2) is 0 Å². The van der Waals surface area contributed by atoms with Crippen molar-refractivity contribution in [3.63, 3.8) is 0 Å². The van der Waals surface area contributed by atoms with Gasteiger partial charge in [-0.1, -0.05) is 61.2 Å². The average molecular weight is 406 g/mol. The molecule has 1 aliphatic heterocycles. The summed E-state index contributed by atoms with van der Waals surface area (Å²) in [6.45, 7) is 3.97. The van der Waals surface area contributed by atoms with Crippen molar-refractivity contribution in [1.82, 2.24) is 16.0 Å². The van der Waals surface area contributed by atoms with Crippen molar-refractivity contribution in [2.24, 2.45) is 0 Å². The van der Waals surface area contributed by atoms with Gasteiger partial charge in [0.25, 0.3) is 5.91 Å². The van der Waals surface area contributed by atoms with Crippen molar-refractivity contribution in [3.8, 4) is 0 Å². The maximum Gasteiger partial charge on any atom is 0.262 e. The molecule has 29 heavy (non-hydrogen) atoms. The summed E-state index contributed by atoms with van der Waals surface area (Å²) in [6.07, 6.45) is 10.5. The predicted molar refractivity (Wildman–Crippen MR) is 117 cm³/mol. The lowest BCUT2D eigenvalue weighted by molar-refractivity contribution is -0.122. The fourth-order valence-corrected chi connectivity index (χ4v) is 3.39. The van der Waals surface area contributed by atoms with Crippen LogP contribution in [0.5, 0.6) is 0 Å². The van der Waals surface area contributed by atoms with E-state index in [9.17, 15) is 9.59 Å². The summed E-state index contributed by atoms with van der Waals surface area (Å²) >= 11 is 1.34. The molecule has 0 radical (unpaired) electrons. The lowest BCUT2D eigenvalue weighted by Crippen LogP contribution is -2.48. The number of hydrogen-bond acceptors (Lipinski definition) is 4. The van der Waals surface area contributed by atoms with Crippen LogP contribution in [0.2, 0.25) is 0 Å². The summed E-state index contributed by atoms with van der Waals surface area (Å²) < 4.78 is 0. The Morgan fingerprint density at radius 1 is 1.14 bits per heavy atom. The van der Waals surface area contributed by atoms with E-state index >= 15 is 0 Å². The summed E-state index contributed by atoms with van der Waals surface area (Å²) in [5.41, 5.74) is 2.09. The molecule has 0 saturated heterocycles. The monoisotopic (exact) mass is 405 g/mol. The third-order valence-corrected chi connectivity index (χ3v) is 5.15. The number of hydrogen-bond donors (Lipinski definition) is 3. The van der Waals surface area contributed by atoms with Crippen molar-refractivity contribution >= 4 is 23.2 Å². The van der Waals surface area contributed by atoms with E-state index in [-0.39, 0.29) is 11.8 Å². The number of benzene rings is 1. The minimum Gasteiger partial charge on any atom is -0.361 e. The highest BCUT2D eigenvalue weighted by Gasteiger charge is 2.23. The van der Waals surface area contributed by atoms with Gasteiger partial charge in [-0.15, -0.1) is 11.3 Å². The summed E-state index contributed by atoms with van der Waals surface area (Å²) in [5, 5.41) is 10.6. The first-order chi connectivity index (χ1) is 14.1. The molecule has 0 saturated carbocycles. The molecule has 1 aromatic heterocycles. The molecular weight excluding hydrogens is 382 g/mol. The lowest BCUT2D eigenvalue weighted by Gasteiger charge is -2.20. The minimum absolute atomic E-state index is 0.265. The molecule has 0 aliphatic carbocycles. The highest BCUT2D eigenvalue weighted by molar-refractivity contribution is 7.12. The van der Waals surface area contributed by atoms with Gasteiger partial charge in [0.2, 0.25) is 5.91 Å². The number of thiophene rings is 1. The molecule has 1 aromatic carbocycles. The van der Waals surface area contributed by atoms with Crippen LogP contribution in [0.25, 0.3) is 0 Å². The fourth-order valence-electron chi connectivity index (χ4n) is 2.76. The molecule has 0 spiro atoms. The van der Waals surface area contributed by atoms with E-state index in [4.69, 9.17) is 0 Å². The maximum atomic E-state index is 13.1. The van der Waals surface area contributed by atoms with Gasteiger partial charge in [0, 0.05) is 6.42 Å². The standard InChI is InChI=1S/C23H23N3O2S/c1-17-19(12-7-2-3-8-14-24-17)25-22(27)20(16-18-10-5-4-6-11-18)26-23(28)21-13-9-15-29-21/h2,4-15,20,24H,1,3,16H2,(H,25,27)(H,26,28)/b7-2-,14-8-,19-12?. The number of carbonyl (C=O) groups excluding carboxylic acids is 2. The molecular formula is C23H23N3O2S. The highest BCUT2D eigenvalue weighted by Crippen LogP contribution is 2.11. The zero-order valence-corrected chi connectivity index (χ0v) is 16.7. The minimum atomic E-state index is -0.729. The molecule has 2 aromatic rings. The molecule has 2 amide bonds. The molecule has 1 aliphatic rings. The molecule has 6 heteroatoms. The average Bonchev–Trinajstić information content (AvgIpc) is 3.28. The molecule has 0 bridgehead atoms. The van der Waals surface area contributed by atoms with Crippen molar-refractivity contribution in [1.29, 1.82) is 0 Å². The van der Waals surface area contributed by atoms with Gasteiger partial charge in [-0.2, -0.15) is 0 Å². The topological polar surface area (TPSA) is 70.2 Å². The van der Waals surface area contributed by atoms with E-state index < -0.39 is 6.04 Å². The van der Waals surface area contributed by atoms with Gasteiger partial charge in [0.05, 0.1) is 16.3 Å². The van der Waals surface area contributed by atoms with E-state index in [2.05, 4.69) is 22.5 Å². The van der Waals surface area contributed by atoms with Crippen LogP contribution in [-0.2, 0) is 11.2 Å². The quantitative estimate of drug-likeness (QED) is 0.687. The van der Waals surface area contributed by atoms with Crippen LogP contribution in [-0.4, -0.2) is 17.9 Å². The van der Waals surface area contributed by atoms with Crippen molar-refractivity contribution in [2.45, 2.75) is 18.9 Å². The Morgan fingerprint density at radius 2 is 1.97 bits per heavy atom. The van der Waals surface area contributed by atoms with E-state index in [1.807, 2.05) is 60.0 Å². The molecule has 1 unspecified atom stereocenters. The Bertz CT molecular complexity index is 944. The fraction of sp³-hybridized carbons (Fsp3) is 0.130. The van der Waals surface area contributed by atoms with E-state index in [0.717, 1.165) is 12.0 Å².